The summed E-state index contributed by atoms with van der Waals surface area (Å²) in [5, 5.41) is 0. The molecule has 0 aliphatic heterocycles. The molecule has 0 amide bonds. The summed E-state index contributed by atoms with van der Waals surface area (Å²) in [5.41, 5.74) is 0.455. The molecule has 0 aliphatic carbocycles. The molecule has 1 heterocycles. The van der Waals surface area contributed by atoms with Crippen molar-refractivity contribution in [2.24, 2.45) is 0 Å². The number of nitrogens with zero attached hydrogens (tertiary/aromatic N) is 1. The Morgan fingerprint density at radius 2 is 1.87 bits per heavy atom. The third-order valence-corrected chi connectivity index (χ3v) is 1.89. The van der Waals surface area contributed by atoms with Gasteiger partial charge in [-0.1, -0.05) is 6.07 Å². The molecular formula is C10H11NO4. The standard InChI is InChI=1S/C10H11NO4/c1-14-9(12)8(10(13)15-2)7-4-3-5-11-6-7/h3-6,8H,1-2H3. The number of rotatable bonds is 3. The van der Waals surface area contributed by atoms with E-state index in [4.69, 9.17) is 0 Å². The van der Waals surface area contributed by atoms with Crippen molar-refractivity contribution in [3.05, 3.63) is 30.1 Å². The molecule has 5 nitrogen and oxygen atoms in total. The maximum atomic E-state index is 11.4. The molecule has 80 valence electrons. The third kappa shape index (κ3) is 2.52. The summed E-state index contributed by atoms with van der Waals surface area (Å²) in [4.78, 5) is 26.5. The highest BCUT2D eigenvalue weighted by atomic mass is 16.5. The minimum atomic E-state index is -1.06. The Morgan fingerprint density at radius 3 is 2.27 bits per heavy atom. The van der Waals surface area contributed by atoms with E-state index < -0.39 is 17.9 Å². The van der Waals surface area contributed by atoms with Crippen molar-refractivity contribution in [3.8, 4) is 0 Å². The fourth-order valence-electron chi connectivity index (χ4n) is 1.15. The minimum Gasteiger partial charge on any atom is -0.468 e. The Hall–Kier alpha value is -1.91. The van der Waals surface area contributed by atoms with Crippen molar-refractivity contribution in [2.75, 3.05) is 14.2 Å². The fraction of sp³-hybridized carbons (Fsp3) is 0.300. The van der Waals surface area contributed by atoms with Crippen LogP contribution >= 0.6 is 0 Å². The maximum Gasteiger partial charge on any atom is 0.324 e. The Morgan fingerprint density at radius 1 is 1.27 bits per heavy atom. The number of pyridine rings is 1. The fourth-order valence-corrected chi connectivity index (χ4v) is 1.15. The first kappa shape index (κ1) is 11.2. The van der Waals surface area contributed by atoms with Gasteiger partial charge in [-0.3, -0.25) is 14.6 Å². The predicted octanol–water partition coefficient (Wildman–Crippen LogP) is 0.511. The zero-order valence-corrected chi connectivity index (χ0v) is 8.47. The van der Waals surface area contributed by atoms with Gasteiger partial charge in [0, 0.05) is 12.4 Å². The molecule has 0 aliphatic rings. The lowest BCUT2D eigenvalue weighted by molar-refractivity contribution is -0.154. The van der Waals surface area contributed by atoms with Crippen LogP contribution in [0.5, 0.6) is 0 Å². The Kier molecular flexibility index (Phi) is 3.79. The van der Waals surface area contributed by atoms with Crippen LogP contribution in [0, 0.1) is 0 Å². The molecule has 0 unspecified atom stereocenters. The topological polar surface area (TPSA) is 65.5 Å². The number of hydrogen-bond acceptors (Lipinski definition) is 5. The largest absolute Gasteiger partial charge is 0.468 e. The molecule has 5 heteroatoms. The molecule has 0 atom stereocenters. The van der Waals surface area contributed by atoms with Crippen LogP contribution in [0.4, 0.5) is 0 Å². The highest BCUT2D eigenvalue weighted by Crippen LogP contribution is 2.17. The summed E-state index contributed by atoms with van der Waals surface area (Å²) in [6.07, 6.45) is 2.98. The van der Waals surface area contributed by atoms with Gasteiger partial charge in [0.25, 0.3) is 0 Å². The van der Waals surface area contributed by atoms with Gasteiger partial charge in [-0.25, -0.2) is 0 Å². The lowest BCUT2D eigenvalue weighted by atomic mass is 10.0. The van der Waals surface area contributed by atoms with Gasteiger partial charge in [0.1, 0.15) is 0 Å². The summed E-state index contributed by atoms with van der Waals surface area (Å²) in [5.74, 6) is -2.38. The van der Waals surface area contributed by atoms with Gasteiger partial charge in [-0.05, 0) is 11.6 Å². The molecule has 0 bridgehead atoms. The zero-order valence-electron chi connectivity index (χ0n) is 8.47. The number of carbonyl (C=O) groups is 2. The zero-order chi connectivity index (χ0) is 11.3. The van der Waals surface area contributed by atoms with Crippen molar-refractivity contribution in [2.45, 2.75) is 5.92 Å². The van der Waals surface area contributed by atoms with Crippen molar-refractivity contribution in [1.82, 2.24) is 4.98 Å². The molecule has 0 saturated heterocycles. The number of carbonyl (C=O) groups excluding carboxylic acids is 2. The van der Waals surface area contributed by atoms with Crippen molar-refractivity contribution in [3.63, 3.8) is 0 Å². The molecule has 0 saturated carbocycles. The average Bonchev–Trinajstić information content (AvgIpc) is 2.30. The SMILES string of the molecule is COC(=O)C(C(=O)OC)c1cccnc1. The van der Waals surface area contributed by atoms with E-state index in [9.17, 15) is 9.59 Å². The highest BCUT2D eigenvalue weighted by molar-refractivity contribution is 6.00. The Balaban J connectivity index is 3.02. The van der Waals surface area contributed by atoms with Gasteiger partial charge < -0.3 is 9.47 Å². The lowest BCUT2D eigenvalue weighted by Crippen LogP contribution is -2.24. The number of aromatic nitrogens is 1. The minimum absolute atomic E-state index is 0.455. The molecule has 0 radical (unpaired) electrons. The van der Waals surface area contributed by atoms with Gasteiger partial charge in [-0.15, -0.1) is 0 Å². The molecule has 0 fully saturated rings. The molecule has 1 rings (SSSR count). The summed E-state index contributed by atoms with van der Waals surface area (Å²) in [6.45, 7) is 0. The normalized spacial score (nSPS) is 9.80. The van der Waals surface area contributed by atoms with E-state index in [0.717, 1.165) is 0 Å². The second-order valence-corrected chi connectivity index (χ2v) is 2.77. The van der Waals surface area contributed by atoms with E-state index >= 15 is 0 Å². The van der Waals surface area contributed by atoms with Crippen LogP contribution in [-0.2, 0) is 19.1 Å². The van der Waals surface area contributed by atoms with Gasteiger partial charge in [0.15, 0.2) is 5.92 Å². The molecule has 0 spiro atoms. The van der Waals surface area contributed by atoms with Crippen molar-refractivity contribution < 1.29 is 19.1 Å². The smallest absolute Gasteiger partial charge is 0.324 e. The van der Waals surface area contributed by atoms with Crippen LogP contribution < -0.4 is 0 Å². The number of esters is 2. The molecule has 0 N–H and O–H groups in total. The summed E-state index contributed by atoms with van der Waals surface area (Å²) < 4.78 is 9.04. The van der Waals surface area contributed by atoms with E-state index in [1.807, 2.05) is 0 Å². The molecular weight excluding hydrogens is 198 g/mol. The second-order valence-electron chi connectivity index (χ2n) is 2.77. The average molecular weight is 209 g/mol. The van der Waals surface area contributed by atoms with Crippen LogP contribution in [0.2, 0.25) is 0 Å². The van der Waals surface area contributed by atoms with Crippen molar-refractivity contribution >= 4 is 11.9 Å². The van der Waals surface area contributed by atoms with Gasteiger partial charge in [0.05, 0.1) is 14.2 Å². The van der Waals surface area contributed by atoms with Crippen LogP contribution in [-0.4, -0.2) is 31.1 Å². The van der Waals surface area contributed by atoms with E-state index in [0.29, 0.717) is 5.56 Å². The van der Waals surface area contributed by atoms with Gasteiger partial charge >= 0.3 is 11.9 Å². The summed E-state index contributed by atoms with van der Waals surface area (Å²) >= 11 is 0. The predicted molar refractivity (Wildman–Crippen MR) is 51.0 cm³/mol. The van der Waals surface area contributed by atoms with Crippen LogP contribution in [0.3, 0.4) is 0 Å². The number of methoxy groups -OCH3 is 2. The number of hydrogen-bond donors (Lipinski definition) is 0. The monoisotopic (exact) mass is 209 g/mol. The third-order valence-electron chi connectivity index (χ3n) is 1.89. The first-order chi connectivity index (χ1) is 7.20. The van der Waals surface area contributed by atoms with E-state index in [1.165, 1.54) is 20.4 Å². The maximum absolute atomic E-state index is 11.4. The van der Waals surface area contributed by atoms with E-state index in [2.05, 4.69) is 14.5 Å². The molecule has 1 aromatic rings. The highest BCUT2D eigenvalue weighted by Gasteiger charge is 2.30. The first-order valence-electron chi connectivity index (χ1n) is 4.26. The van der Waals surface area contributed by atoms with Gasteiger partial charge in [-0.2, -0.15) is 0 Å². The quantitative estimate of drug-likeness (QED) is 0.536. The van der Waals surface area contributed by atoms with Crippen LogP contribution in [0.1, 0.15) is 11.5 Å². The Labute approximate surface area is 87.0 Å². The van der Waals surface area contributed by atoms with Gasteiger partial charge in [0.2, 0.25) is 0 Å². The van der Waals surface area contributed by atoms with Crippen molar-refractivity contribution in [1.29, 1.82) is 0 Å². The molecule has 15 heavy (non-hydrogen) atoms. The number of ether oxygens (including phenoxy) is 2. The molecule has 1 aromatic heterocycles. The van der Waals surface area contributed by atoms with Crippen LogP contribution in [0.25, 0.3) is 0 Å². The summed E-state index contributed by atoms with van der Waals surface area (Å²) in [6, 6.07) is 3.25. The molecule has 0 aromatic carbocycles. The van der Waals surface area contributed by atoms with E-state index in [1.54, 1.807) is 18.3 Å². The van der Waals surface area contributed by atoms with Crippen LogP contribution in [0.15, 0.2) is 24.5 Å². The Bertz CT molecular complexity index is 334. The lowest BCUT2D eigenvalue weighted by Gasteiger charge is -2.11. The summed E-state index contributed by atoms with van der Waals surface area (Å²) in [7, 11) is 2.43. The second kappa shape index (κ2) is 5.09. The first-order valence-corrected chi connectivity index (χ1v) is 4.26. The van der Waals surface area contributed by atoms with E-state index in [-0.39, 0.29) is 0 Å².